The number of benzene rings is 1. The van der Waals surface area contributed by atoms with Crippen molar-refractivity contribution in [2.75, 3.05) is 25.1 Å². The van der Waals surface area contributed by atoms with Crippen molar-refractivity contribution in [3.05, 3.63) is 48.2 Å². The van der Waals surface area contributed by atoms with Gasteiger partial charge in [-0.05, 0) is 37.5 Å². The standard InChI is InChI=1S/C23H27FN6O2/c1-15(31)29-8-6-21-18(13-29)22(27-30(21)23(2)7-9-32-14-23)26-20-5-4-16(10-19(20)24)17-11-25-28(3)12-17/h4-5,10-13,21H,6-9,14H2,1-3H3,(H,26,27). The Bertz CT molecular complexity index is 1120. The molecule has 2 aromatic rings. The van der Waals surface area contributed by atoms with Crippen LogP contribution >= 0.6 is 0 Å². The molecule has 3 aliphatic heterocycles. The number of anilines is 1. The summed E-state index contributed by atoms with van der Waals surface area (Å²) in [7, 11) is 1.83. The van der Waals surface area contributed by atoms with E-state index in [2.05, 4.69) is 22.3 Å². The number of carbonyl (C=O) groups excluding carboxylic acids is 1. The number of halogens is 1. The van der Waals surface area contributed by atoms with Crippen LogP contribution in [-0.2, 0) is 16.6 Å². The highest BCUT2D eigenvalue weighted by Crippen LogP contribution is 2.38. The van der Waals surface area contributed by atoms with E-state index in [0.29, 0.717) is 31.3 Å². The third-order valence-electron chi connectivity index (χ3n) is 6.49. The second kappa shape index (κ2) is 7.74. The van der Waals surface area contributed by atoms with Crippen LogP contribution < -0.4 is 5.32 Å². The van der Waals surface area contributed by atoms with Gasteiger partial charge in [0.05, 0.1) is 30.1 Å². The predicted molar refractivity (Wildman–Crippen MR) is 119 cm³/mol. The first-order valence-electron chi connectivity index (χ1n) is 10.8. The zero-order valence-corrected chi connectivity index (χ0v) is 18.5. The molecule has 1 aromatic carbocycles. The lowest BCUT2D eigenvalue weighted by Gasteiger charge is -2.39. The lowest BCUT2D eigenvalue weighted by molar-refractivity contribution is -0.126. The average molecular weight is 439 g/mol. The number of rotatable bonds is 3. The number of nitrogens with zero attached hydrogens (tertiary/aromatic N) is 5. The monoisotopic (exact) mass is 438 g/mol. The third-order valence-corrected chi connectivity index (χ3v) is 6.49. The zero-order chi connectivity index (χ0) is 22.5. The van der Waals surface area contributed by atoms with Crippen LogP contribution in [0, 0.1) is 5.82 Å². The molecule has 3 aliphatic rings. The summed E-state index contributed by atoms with van der Waals surface area (Å²) in [5.74, 6) is 0.178. The molecule has 9 heteroatoms. The molecule has 0 radical (unpaired) electrons. The molecular weight excluding hydrogens is 411 g/mol. The highest BCUT2D eigenvalue weighted by molar-refractivity contribution is 6.10. The number of amides is 1. The number of amidine groups is 1. The first-order chi connectivity index (χ1) is 15.3. The van der Waals surface area contributed by atoms with Crippen LogP contribution in [0.2, 0.25) is 0 Å². The molecule has 5 rings (SSSR count). The van der Waals surface area contributed by atoms with Crippen LogP contribution in [0.4, 0.5) is 10.1 Å². The van der Waals surface area contributed by atoms with Crippen molar-refractivity contribution in [1.29, 1.82) is 0 Å². The number of hydrogen-bond donors (Lipinski definition) is 1. The second-order valence-electron chi connectivity index (χ2n) is 8.92. The van der Waals surface area contributed by atoms with E-state index < -0.39 is 0 Å². The quantitative estimate of drug-likeness (QED) is 0.798. The van der Waals surface area contributed by atoms with Crippen LogP contribution in [0.15, 0.2) is 47.5 Å². The minimum Gasteiger partial charge on any atom is -0.379 e. The van der Waals surface area contributed by atoms with Crippen molar-refractivity contribution in [2.45, 2.75) is 38.3 Å². The van der Waals surface area contributed by atoms with Gasteiger partial charge in [-0.2, -0.15) is 10.2 Å². The van der Waals surface area contributed by atoms with Gasteiger partial charge in [0.15, 0.2) is 5.84 Å². The molecule has 2 atom stereocenters. The van der Waals surface area contributed by atoms with Gasteiger partial charge in [0.25, 0.3) is 0 Å². The molecule has 0 spiro atoms. The summed E-state index contributed by atoms with van der Waals surface area (Å²) in [6, 6.07) is 5.09. The Kier molecular flexibility index (Phi) is 5.00. The molecule has 0 bridgehead atoms. The smallest absolute Gasteiger partial charge is 0.223 e. The van der Waals surface area contributed by atoms with E-state index in [9.17, 15) is 4.79 Å². The minimum atomic E-state index is -0.376. The van der Waals surface area contributed by atoms with Crippen LogP contribution in [0.3, 0.4) is 0 Å². The topological polar surface area (TPSA) is 75.0 Å². The summed E-state index contributed by atoms with van der Waals surface area (Å²) < 4.78 is 22.4. The first kappa shape index (κ1) is 20.7. The van der Waals surface area contributed by atoms with Gasteiger partial charge in [0.1, 0.15) is 5.82 Å². The maximum absolute atomic E-state index is 15.0. The van der Waals surface area contributed by atoms with Gasteiger partial charge in [-0.1, -0.05) is 6.07 Å². The number of nitrogens with one attached hydrogen (secondary N) is 1. The van der Waals surface area contributed by atoms with Gasteiger partial charge in [-0.15, -0.1) is 0 Å². The number of aromatic nitrogens is 2. The Labute approximate surface area is 186 Å². The van der Waals surface area contributed by atoms with Gasteiger partial charge in [-0.3, -0.25) is 14.5 Å². The van der Waals surface area contributed by atoms with Crippen molar-refractivity contribution in [3.8, 4) is 11.1 Å². The zero-order valence-electron chi connectivity index (χ0n) is 18.5. The Morgan fingerprint density at radius 2 is 2.19 bits per heavy atom. The lowest BCUT2D eigenvalue weighted by Crippen LogP contribution is -2.50. The molecule has 1 aromatic heterocycles. The van der Waals surface area contributed by atoms with E-state index in [0.717, 1.165) is 29.5 Å². The Morgan fingerprint density at radius 1 is 1.34 bits per heavy atom. The second-order valence-corrected chi connectivity index (χ2v) is 8.92. The summed E-state index contributed by atoms with van der Waals surface area (Å²) in [4.78, 5) is 13.7. The highest BCUT2D eigenvalue weighted by atomic mass is 19.1. The molecule has 1 fully saturated rings. The summed E-state index contributed by atoms with van der Waals surface area (Å²) in [6.07, 6.45) is 7.04. The molecule has 0 saturated carbocycles. The number of hydrazone groups is 1. The average Bonchev–Trinajstić information content (AvgIpc) is 3.49. The molecule has 1 amide bonds. The Hall–Kier alpha value is -3.20. The van der Waals surface area contributed by atoms with Crippen LogP contribution in [0.25, 0.3) is 11.1 Å². The fourth-order valence-electron chi connectivity index (χ4n) is 4.62. The predicted octanol–water partition coefficient (Wildman–Crippen LogP) is 2.95. The number of carbonyl (C=O) groups is 1. The number of aryl methyl sites for hydroxylation is 1. The van der Waals surface area contributed by atoms with Gasteiger partial charge in [0.2, 0.25) is 5.91 Å². The van der Waals surface area contributed by atoms with E-state index >= 15 is 4.39 Å². The molecular formula is C23H27FN6O2. The van der Waals surface area contributed by atoms with E-state index in [4.69, 9.17) is 9.84 Å². The van der Waals surface area contributed by atoms with Crippen molar-refractivity contribution in [2.24, 2.45) is 12.1 Å². The Balaban J connectivity index is 1.47. The number of ether oxygens (including phenoxy) is 1. The number of fused-ring (bicyclic) bond motifs is 1. The molecule has 1 N–H and O–H groups in total. The van der Waals surface area contributed by atoms with E-state index in [1.165, 1.54) is 6.07 Å². The van der Waals surface area contributed by atoms with Crippen molar-refractivity contribution < 1.29 is 13.9 Å². The molecule has 168 valence electrons. The van der Waals surface area contributed by atoms with Crippen LogP contribution in [0.5, 0.6) is 0 Å². The van der Waals surface area contributed by atoms with E-state index in [1.807, 2.05) is 25.5 Å². The van der Waals surface area contributed by atoms with Crippen LogP contribution in [-0.4, -0.2) is 62.8 Å². The van der Waals surface area contributed by atoms with Gasteiger partial charge < -0.3 is 15.0 Å². The largest absolute Gasteiger partial charge is 0.379 e. The van der Waals surface area contributed by atoms with Crippen molar-refractivity contribution in [3.63, 3.8) is 0 Å². The summed E-state index contributed by atoms with van der Waals surface area (Å²) in [6.45, 7) is 5.62. The maximum atomic E-state index is 15.0. The minimum absolute atomic E-state index is 0.0174. The third kappa shape index (κ3) is 3.56. The van der Waals surface area contributed by atoms with Crippen LogP contribution in [0.1, 0.15) is 26.7 Å². The highest BCUT2D eigenvalue weighted by Gasteiger charge is 2.46. The normalized spacial score (nSPS) is 24.9. The molecule has 8 nitrogen and oxygen atoms in total. The van der Waals surface area contributed by atoms with E-state index in [1.54, 1.807) is 28.8 Å². The van der Waals surface area contributed by atoms with E-state index in [-0.39, 0.29) is 23.3 Å². The Morgan fingerprint density at radius 3 is 2.84 bits per heavy atom. The number of hydrogen-bond acceptors (Lipinski definition) is 6. The maximum Gasteiger partial charge on any atom is 0.223 e. The lowest BCUT2D eigenvalue weighted by atomic mass is 9.94. The fraction of sp³-hybridized carbons (Fsp3) is 0.435. The molecule has 2 unspecified atom stereocenters. The SMILES string of the molecule is CC(=O)N1C=C2C(Nc3ccc(-c4cnn(C)c4)cc3F)=NN(C3(C)CCOC3)C2CC1. The summed E-state index contributed by atoms with van der Waals surface area (Å²) in [5.41, 5.74) is 2.61. The fourth-order valence-corrected chi connectivity index (χ4v) is 4.62. The van der Waals surface area contributed by atoms with Gasteiger partial charge in [-0.25, -0.2) is 4.39 Å². The molecule has 4 heterocycles. The molecule has 1 saturated heterocycles. The molecule has 32 heavy (non-hydrogen) atoms. The molecule has 0 aliphatic carbocycles. The summed E-state index contributed by atoms with van der Waals surface area (Å²) >= 11 is 0. The van der Waals surface area contributed by atoms with Gasteiger partial charge in [0, 0.05) is 50.7 Å². The van der Waals surface area contributed by atoms with Crippen molar-refractivity contribution >= 4 is 17.4 Å². The summed E-state index contributed by atoms with van der Waals surface area (Å²) in [5, 5.41) is 14.3. The van der Waals surface area contributed by atoms with Gasteiger partial charge >= 0.3 is 0 Å². The first-order valence-corrected chi connectivity index (χ1v) is 10.8. The van der Waals surface area contributed by atoms with Crippen molar-refractivity contribution in [1.82, 2.24) is 19.7 Å².